The first-order valence-corrected chi connectivity index (χ1v) is 7.55. The molecule has 2 aromatic carbocycles. The molecular weight excluding hydrogens is 290 g/mol. The number of aromatic nitrogens is 2. The smallest absolute Gasteiger partial charge is 0.324 e. The van der Waals surface area contributed by atoms with Crippen molar-refractivity contribution in [3.8, 4) is 0 Å². The summed E-state index contributed by atoms with van der Waals surface area (Å²) in [6, 6.07) is 15.7. The van der Waals surface area contributed by atoms with Crippen LogP contribution in [0, 0.1) is 0 Å². The number of urea groups is 1. The zero-order valence-electron chi connectivity index (χ0n) is 12.8. The lowest BCUT2D eigenvalue weighted by molar-refractivity contribution is 0.229. The molecule has 2 amide bonds. The van der Waals surface area contributed by atoms with Crippen LogP contribution in [0.2, 0.25) is 0 Å². The third kappa shape index (κ3) is 2.48. The van der Waals surface area contributed by atoms with Gasteiger partial charge in [-0.05, 0) is 30.3 Å². The fourth-order valence-electron chi connectivity index (χ4n) is 2.79. The number of carbonyl (C=O) groups excluding carboxylic acids is 1. The molecule has 1 fully saturated rings. The van der Waals surface area contributed by atoms with Crippen LogP contribution in [0.3, 0.4) is 0 Å². The molecule has 4 rings (SSSR count). The standard InChI is InChI=1S/C17H17N5O/c1-21-9-10-22(17(21)23)13-6-4-5-12(11-13)18-16-19-14-7-2-3-8-15(14)20-16/h2-8,11H,9-10H2,1H3,(H2,18,19,20). The summed E-state index contributed by atoms with van der Waals surface area (Å²) >= 11 is 0. The molecule has 1 saturated heterocycles. The number of likely N-dealkylation sites (N-methyl/N-ethyl adjacent to an activating group) is 1. The van der Waals surface area contributed by atoms with Crippen LogP contribution in [0.4, 0.5) is 22.1 Å². The van der Waals surface area contributed by atoms with Gasteiger partial charge in [-0.2, -0.15) is 0 Å². The molecule has 0 radical (unpaired) electrons. The summed E-state index contributed by atoms with van der Waals surface area (Å²) in [5.41, 5.74) is 3.69. The van der Waals surface area contributed by atoms with Crippen molar-refractivity contribution >= 4 is 34.4 Å². The van der Waals surface area contributed by atoms with Gasteiger partial charge in [0.05, 0.1) is 11.0 Å². The van der Waals surface area contributed by atoms with Gasteiger partial charge >= 0.3 is 6.03 Å². The Hall–Kier alpha value is -3.02. The summed E-state index contributed by atoms with van der Waals surface area (Å²) in [7, 11) is 1.82. The maximum atomic E-state index is 12.1. The van der Waals surface area contributed by atoms with Crippen LogP contribution in [-0.4, -0.2) is 41.0 Å². The average molecular weight is 307 g/mol. The molecule has 0 spiro atoms. The summed E-state index contributed by atoms with van der Waals surface area (Å²) in [5, 5.41) is 3.27. The van der Waals surface area contributed by atoms with Gasteiger partial charge in [-0.3, -0.25) is 4.90 Å². The first kappa shape index (κ1) is 13.6. The third-order valence-corrected chi connectivity index (χ3v) is 4.03. The molecule has 0 saturated carbocycles. The highest BCUT2D eigenvalue weighted by molar-refractivity contribution is 5.94. The number of benzene rings is 2. The van der Waals surface area contributed by atoms with Crippen LogP contribution in [-0.2, 0) is 0 Å². The van der Waals surface area contributed by atoms with E-state index in [4.69, 9.17) is 0 Å². The van der Waals surface area contributed by atoms with Gasteiger partial charge in [0.2, 0.25) is 5.95 Å². The molecule has 0 bridgehead atoms. The summed E-state index contributed by atoms with van der Waals surface area (Å²) < 4.78 is 0. The molecule has 23 heavy (non-hydrogen) atoms. The molecule has 0 aliphatic carbocycles. The minimum Gasteiger partial charge on any atom is -0.326 e. The first-order chi connectivity index (χ1) is 11.2. The van der Waals surface area contributed by atoms with E-state index in [1.807, 2.05) is 55.6 Å². The molecule has 1 aromatic heterocycles. The third-order valence-electron chi connectivity index (χ3n) is 4.03. The lowest BCUT2D eigenvalue weighted by Gasteiger charge is -2.17. The Morgan fingerprint density at radius 3 is 2.78 bits per heavy atom. The van der Waals surface area contributed by atoms with Crippen molar-refractivity contribution in [3.05, 3.63) is 48.5 Å². The van der Waals surface area contributed by atoms with Crippen molar-refractivity contribution in [1.82, 2.24) is 14.9 Å². The van der Waals surface area contributed by atoms with Crippen LogP contribution < -0.4 is 10.2 Å². The summed E-state index contributed by atoms with van der Waals surface area (Å²) in [6.07, 6.45) is 0. The molecule has 116 valence electrons. The van der Waals surface area contributed by atoms with Crippen molar-refractivity contribution in [3.63, 3.8) is 0 Å². The second-order valence-corrected chi connectivity index (χ2v) is 5.63. The Morgan fingerprint density at radius 1 is 1.13 bits per heavy atom. The number of hydrogen-bond acceptors (Lipinski definition) is 3. The Kier molecular flexibility index (Phi) is 3.15. The van der Waals surface area contributed by atoms with Gasteiger partial charge in [-0.25, -0.2) is 9.78 Å². The van der Waals surface area contributed by atoms with E-state index in [1.165, 1.54) is 0 Å². The maximum Gasteiger partial charge on any atom is 0.324 e. The second kappa shape index (κ2) is 5.31. The first-order valence-electron chi connectivity index (χ1n) is 7.55. The number of imidazole rings is 1. The van der Waals surface area contributed by atoms with Crippen LogP contribution in [0.15, 0.2) is 48.5 Å². The average Bonchev–Trinajstić information content (AvgIpc) is 3.11. The number of H-pyrrole nitrogens is 1. The highest BCUT2D eigenvalue weighted by Crippen LogP contribution is 2.25. The van der Waals surface area contributed by atoms with Crippen LogP contribution in [0.5, 0.6) is 0 Å². The van der Waals surface area contributed by atoms with Crippen molar-refractivity contribution in [2.45, 2.75) is 0 Å². The van der Waals surface area contributed by atoms with Crippen LogP contribution in [0.25, 0.3) is 11.0 Å². The molecule has 1 aliphatic rings. The van der Waals surface area contributed by atoms with Gasteiger partial charge < -0.3 is 15.2 Å². The molecule has 2 heterocycles. The molecule has 0 unspecified atom stereocenters. The number of nitrogens with zero attached hydrogens (tertiary/aromatic N) is 3. The lowest BCUT2D eigenvalue weighted by atomic mass is 10.2. The van der Waals surface area contributed by atoms with Crippen molar-refractivity contribution in [2.75, 3.05) is 30.4 Å². The highest BCUT2D eigenvalue weighted by Gasteiger charge is 2.26. The van der Waals surface area contributed by atoms with E-state index >= 15 is 0 Å². The van der Waals surface area contributed by atoms with Crippen molar-refractivity contribution < 1.29 is 4.79 Å². The van der Waals surface area contributed by atoms with Crippen molar-refractivity contribution in [1.29, 1.82) is 0 Å². The van der Waals surface area contributed by atoms with E-state index in [2.05, 4.69) is 15.3 Å². The van der Waals surface area contributed by atoms with Gasteiger partial charge in [0.25, 0.3) is 0 Å². The minimum absolute atomic E-state index is 0.0332. The number of carbonyl (C=O) groups is 1. The predicted octanol–water partition coefficient (Wildman–Crippen LogP) is 3.18. The van der Waals surface area contributed by atoms with Gasteiger partial charge in [0.1, 0.15) is 0 Å². The predicted molar refractivity (Wildman–Crippen MR) is 91.2 cm³/mol. The quantitative estimate of drug-likeness (QED) is 0.781. The Balaban J connectivity index is 1.60. The lowest BCUT2D eigenvalue weighted by Crippen LogP contribution is -2.29. The van der Waals surface area contributed by atoms with E-state index in [1.54, 1.807) is 9.80 Å². The SMILES string of the molecule is CN1CCN(c2cccc(Nc3nc4ccccc4[nH]3)c2)C1=O. The zero-order valence-corrected chi connectivity index (χ0v) is 12.8. The normalized spacial score (nSPS) is 14.7. The van der Waals surface area contributed by atoms with E-state index in [9.17, 15) is 4.79 Å². The topological polar surface area (TPSA) is 64.3 Å². The van der Waals surface area contributed by atoms with E-state index in [0.717, 1.165) is 29.0 Å². The fraction of sp³-hybridized carbons (Fsp3) is 0.176. The maximum absolute atomic E-state index is 12.1. The fourth-order valence-corrected chi connectivity index (χ4v) is 2.79. The van der Waals surface area contributed by atoms with Gasteiger partial charge in [0, 0.05) is 31.5 Å². The van der Waals surface area contributed by atoms with Crippen molar-refractivity contribution in [2.24, 2.45) is 0 Å². The number of rotatable bonds is 3. The number of fused-ring (bicyclic) bond motifs is 1. The van der Waals surface area contributed by atoms with Gasteiger partial charge in [0.15, 0.2) is 0 Å². The van der Waals surface area contributed by atoms with Gasteiger partial charge in [-0.1, -0.05) is 18.2 Å². The zero-order chi connectivity index (χ0) is 15.8. The molecule has 6 heteroatoms. The van der Waals surface area contributed by atoms with E-state index in [-0.39, 0.29) is 6.03 Å². The Labute approximate surface area is 133 Å². The molecule has 0 atom stereocenters. The van der Waals surface area contributed by atoms with Gasteiger partial charge in [-0.15, -0.1) is 0 Å². The Bertz CT molecular complexity index is 839. The summed E-state index contributed by atoms with van der Waals surface area (Å²) in [6.45, 7) is 1.46. The second-order valence-electron chi connectivity index (χ2n) is 5.63. The molecule has 2 N–H and O–H groups in total. The van der Waals surface area contributed by atoms with E-state index < -0.39 is 0 Å². The largest absolute Gasteiger partial charge is 0.326 e. The highest BCUT2D eigenvalue weighted by atomic mass is 16.2. The summed E-state index contributed by atoms with van der Waals surface area (Å²) in [4.78, 5) is 23.4. The number of nitrogens with one attached hydrogen (secondary N) is 2. The number of para-hydroxylation sites is 2. The molecule has 1 aliphatic heterocycles. The number of hydrogen-bond donors (Lipinski definition) is 2. The molecule has 3 aromatic rings. The minimum atomic E-state index is 0.0332. The molecule has 6 nitrogen and oxygen atoms in total. The summed E-state index contributed by atoms with van der Waals surface area (Å²) in [5.74, 6) is 0.688. The van der Waals surface area contributed by atoms with Crippen LogP contribution in [0.1, 0.15) is 0 Å². The number of anilines is 3. The number of amides is 2. The number of aromatic amines is 1. The monoisotopic (exact) mass is 307 g/mol. The molecular formula is C17H17N5O. The van der Waals surface area contributed by atoms with Crippen LogP contribution >= 0.6 is 0 Å². The Morgan fingerprint density at radius 2 is 2.00 bits per heavy atom. The van der Waals surface area contributed by atoms with E-state index in [0.29, 0.717) is 12.5 Å².